The number of carbonyl (C=O) groups is 1. The zero-order valence-electron chi connectivity index (χ0n) is 11.8. The number of amides is 1. The van der Waals surface area contributed by atoms with Crippen molar-refractivity contribution < 1.29 is 9.90 Å². The molecule has 1 rings (SSSR count). The molecular formula is C14H28N2O2. The molecule has 0 aromatic carbocycles. The predicted molar refractivity (Wildman–Crippen MR) is 73.1 cm³/mol. The minimum Gasteiger partial charge on any atom is -0.395 e. The Hall–Kier alpha value is -0.610. The number of hydrogen-bond acceptors (Lipinski definition) is 3. The van der Waals surface area contributed by atoms with Crippen LogP contribution >= 0.6 is 0 Å². The van der Waals surface area contributed by atoms with E-state index in [2.05, 4.69) is 13.8 Å². The second kappa shape index (κ2) is 7.74. The average molecular weight is 256 g/mol. The van der Waals surface area contributed by atoms with Gasteiger partial charge in [-0.1, -0.05) is 20.3 Å². The van der Waals surface area contributed by atoms with Crippen LogP contribution < -0.4 is 5.73 Å². The van der Waals surface area contributed by atoms with E-state index in [9.17, 15) is 4.79 Å². The second-order valence-corrected chi connectivity index (χ2v) is 5.56. The van der Waals surface area contributed by atoms with Gasteiger partial charge in [-0.25, -0.2) is 0 Å². The van der Waals surface area contributed by atoms with Crippen molar-refractivity contribution in [1.82, 2.24) is 4.90 Å². The van der Waals surface area contributed by atoms with Gasteiger partial charge < -0.3 is 15.7 Å². The SMILES string of the molecule is CCCCN(CCO)C(=O)C1CC(N)CCC1C. The number of aliphatic hydroxyl groups is 1. The maximum absolute atomic E-state index is 12.5. The van der Waals surface area contributed by atoms with Crippen LogP contribution in [0.1, 0.15) is 46.0 Å². The summed E-state index contributed by atoms with van der Waals surface area (Å²) in [5.74, 6) is 0.664. The summed E-state index contributed by atoms with van der Waals surface area (Å²) in [6.07, 6.45) is 4.93. The molecule has 0 aromatic rings. The van der Waals surface area contributed by atoms with Gasteiger partial charge >= 0.3 is 0 Å². The topological polar surface area (TPSA) is 66.6 Å². The third kappa shape index (κ3) is 4.25. The fourth-order valence-electron chi connectivity index (χ4n) is 2.74. The number of carbonyl (C=O) groups excluding carboxylic acids is 1. The van der Waals surface area contributed by atoms with E-state index in [1.54, 1.807) is 0 Å². The van der Waals surface area contributed by atoms with Gasteiger partial charge in [0, 0.05) is 25.0 Å². The lowest BCUT2D eigenvalue weighted by Crippen LogP contribution is -2.45. The monoisotopic (exact) mass is 256 g/mol. The lowest BCUT2D eigenvalue weighted by atomic mass is 9.77. The molecule has 3 atom stereocenters. The molecule has 1 aliphatic carbocycles. The maximum Gasteiger partial charge on any atom is 0.226 e. The summed E-state index contributed by atoms with van der Waals surface area (Å²) < 4.78 is 0. The molecule has 3 N–H and O–H groups in total. The van der Waals surface area contributed by atoms with Crippen LogP contribution in [-0.4, -0.2) is 41.7 Å². The fourth-order valence-corrected chi connectivity index (χ4v) is 2.74. The van der Waals surface area contributed by atoms with Crippen LogP contribution in [0.5, 0.6) is 0 Å². The fraction of sp³-hybridized carbons (Fsp3) is 0.929. The van der Waals surface area contributed by atoms with Gasteiger partial charge in [0.1, 0.15) is 0 Å². The molecule has 4 nitrogen and oxygen atoms in total. The van der Waals surface area contributed by atoms with Crippen molar-refractivity contribution in [2.24, 2.45) is 17.6 Å². The maximum atomic E-state index is 12.5. The van der Waals surface area contributed by atoms with Crippen molar-refractivity contribution >= 4 is 5.91 Å². The normalized spacial score (nSPS) is 28.1. The van der Waals surface area contributed by atoms with Crippen molar-refractivity contribution in [3.63, 3.8) is 0 Å². The standard InChI is InChI=1S/C14H28N2O2/c1-3-4-7-16(8-9-17)14(18)13-10-12(15)6-5-11(13)2/h11-13,17H,3-10,15H2,1-2H3. The molecule has 18 heavy (non-hydrogen) atoms. The molecule has 0 spiro atoms. The summed E-state index contributed by atoms with van der Waals surface area (Å²) >= 11 is 0. The number of nitrogens with zero attached hydrogens (tertiary/aromatic N) is 1. The van der Waals surface area contributed by atoms with E-state index in [0.717, 1.165) is 38.6 Å². The van der Waals surface area contributed by atoms with E-state index < -0.39 is 0 Å². The van der Waals surface area contributed by atoms with Gasteiger partial charge in [-0.15, -0.1) is 0 Å². The summed E-state index contributed by atoms with van der Waals surface area (Å²) in [5, 5.41) is 9.08. The Balaban J connectivity index is 2.61. The Morgan fingerprint density at radius 1 is 1.39 bits per heavy atom. The quantitative estimate of drug-likeness (QED) is 0.754. The first-order chi connectivity index (χ1) is 8.60. The number of aliphatic hydroxyl groups excluding tert-OH is 1. The van der Waals surface area contributed by atoms with E-state index in [1.165, 1.54) is 0 Å². The average Bonchev–Trinajstić information content (AvgIpc) is 2.36. The van der Waals surface area contributed by atoms with Gasteiger partial charge in [0.15, 0.2) is 0 Å². The number of nitrogens with two attached hydrogens (primary N) is 1. The molecule has 0 aliphatic heterocycles. The zero-order chi connectivity index (χ0) is 13.5. The Labute approximate surface area is 111 Å². The van der Waals surface area contributed by atoms with Crippen molar-refractivity contribution in [2.45, 2.75) is 52.0 Å². The highest BCUT2D eigenvalue weighted by Gasteiger charge is 2.33. The summed E-state index contributed by atoms with van der Waals surface area (Å²) in [4.78, 5) is 14.3. The van der Waals surface area contributed by atoms with E-state index in [4.69, 9.17) is 10.8 Å². The summed E-state index contributed by atoms with van der Waals surface area (Å²) in [7, 11) is 0. The first-order valence-electron chi connectivity index (χ1n) is 7.25. The van der Waals surface area contributed by atoms with Crippen molar-refractivity contribution in [2.75, 3.05) is 19.7 Å². The molecule has 1 fully saturated rings. The van der Waals surface area contributed by atoms with Gasteiger partial charge in [0.2, 0.25) is 5.91 Å². The highest BCUT2D eigenvalue weighted by atomic mass is 16.3. The Morgan fingerprint density at radius 2 is 2.11 bits per heavy atom. The van der Waals surface area contributed by atoms with Gasteiger partial charge in [-0.2, -0.15) is 0 Å². The third-order valence-corrected chi connectivity index (χ3v) is 4.02. The van der Waals surface area contributed by atoms with Gasteiger partial charge in [-0.05, 0) is 31.6 Å². The van der Waals surface area contributed by atoms with Gasteiger partial charge in [-0.3, -0.25) is 4.79 Å². The van der Waals surface area contributed by atoms with Crippen LogP contribution in [0.4, 0.5) is 0 Å². The summed E-state index contributed by atoms with van der Waals surface area (Å²) in [5.41, 5.74) is 5.98. The molecule has 1 aliphatic rings. The van der Waals surface area contributed by atoms with Crippen LogP contribution in [0.2, 0.25) is 0 Å². The van der Waals surface area contributed by atoms with E-state index in [-0.39, 0.29) is 24.5 Å². The molecule has 106 valence electrons. The minimum absolute atomic E-state index is 0.0443. The number of unbranched alkanes of at least 4 members (excludes halogenated alkanes) is 1. The lowest BCUT2D eigenvalue weighted by Gasteiger charge is -2.35. The molecule has 0 bridgehead atoms. The van der Waals surface area contributed by atoms with Gasteiger partial charge in [0.05, 0.1) is 6.61 Å². The van der Waals surface area contributed by atoms with Crippen LogP contribution in [0.3, 0.4) is 0 Å². The van der Waals surface area contributed by atoms with Crippen molar-refractivity contribution in [3.8, 4) is 0 Å². The highest BCUT2D eigenvalue weighted by Crippen LogP contribution is 2.30. The molecule has 0 radical (unpaired) electrons. The molecule has 4 heteroatoms. The van der Waals surface area contributed by atoms with E-state index in [1.807, 2.05) is 4.90 Å². The first-order valence-corrected chi connectivity index (χ1v) is 7.25. The molecule has 3 unspecified atom stereocenters. The Bertz CT molecular complexity index is 258. The minimum atomic E-state index is 0.0443. The number of rotatable bonds is 6. The molecule has 0 heterocycles. The highest BCUT2D eigenvalue weighted by molar-refractivity contribution is 5.79. The van der Waals surface area contributed by atoms with Crippen molar-refractivity contribution in [3.05, 3.63) is 0 Å². The Kier molecular flexibility index (Phi) is 6.65. The van der Waals surface area contributed by atoms with Crippen molar-refractivity contribution in [1.29, 1.82) is 0 Å². The predicted octanol–water partition coefficient (Wildman–Crippen LogP) is 1.37. The van der Waals surface area contributed by atoms with Gasteiger partial charge in [0.25, 0.3) is 0 Å². The van der Waals surface area contributed by atoms with E-state index in [0.29, 0.717) is 12.5 Å². The summed E-state index contributed by atoms with van der Waals surface area (Å²) in [6, 6.07) is 0.164. The molecular weight excluding hydrogens is 228 g/mol. The van der Waals surface area contributed by atoms with Crippen LogP contribution in [0.25, 0.3) is 0 Å². The number of hydrogen-bond donors (Lipinski definition) is 2. The molecule has 0 aromatic heterocycles. The first kappa shape index (κ1) is 15.4. The second-order valence-electron chi connectivity index (χ2n) is 5.56. The van der Waals surface area contributed by atoms with E-state index >= 15 is 0 Å². The Morgan fingerprint density at radius 3 is 2.72 bits per heavy atom. The smallest absolute Gasteiger partial charge is 0.226 e. The van der Waals surface area contributed by atoms with Crippen LogP contribution in [0.15, 0.2) is 0 Å². The molecule has 0 saturated heterocycles. The zero-order valence-corrected chi connectivity index (χ0v) is 11.8. The van der Waals surface area contributed by atoms with Crippen LogP contribution in [-0.2, 0) is 4.79 Å². The lowest BCUT2D eigenvalue weighted by molar-refractivity contribution is -0.139. The molecule has 1 saturated carbocycles. The summed E-state index contributed by atoms with van der Waals surface area (Å²) in [6.45, 7) is 5.51. The third-order valence-electron chi connectivity index (χ3n) is 4.02. The molecule has 1 amide bonds. The largest absolute Gasteiger partial charge is 0.395 e. The van der Waals surface area contributed by atoms with Crippen LogP contribution in [0, 0.1) is 11.8 Å².